The number of carboxylic acids is 1. The minimum absolute atomic E-state index is 0.0491. The summed E-state index contributed by atoms with van der Waals surface area (Å²) in [6.07, 6.45) is 2.08. The topological polar surface area (TPSA) is 75.6 Å². The molecular weight excluding hydrogens is 282 g/mol. The summed E-state index contributed by atoms with van der Waals surface area (Å²) in [5, 5.41) is 12.0. The summed E-state index contributed by atoms with van der Waals surface area (Å²) in [4.78, 5) is 23.3. The third-order valence-corrected chi connectivity index (χ3v) is 4.07. The van der Waals surface area contributed by atoms with Gasteiger partial charge in [0.05, 0.1) is 12.0 Å². The Morgan fingerprint density at radius 3 is 2.68 bits per heavy atom. The van der Waals surface area contributed by atoms with Crippen LogP contribution in [0.15, 0.2) is 24.3 Å². The second-order valence-electron chi connectivity index (χ2n) is 6.00. The first kappa shape index (κ1) is 16.5. The maximum absolute atomic E-state index is 12.2. The molecule has 5 nitrogen and oxygen atoms in total. The van der Waals surface area contributed by atoms with Crippen molar-refractivity contribution in [2.45, 2.75) is 44.6 Å². The summed E-state index contributed by atoms with van der Waals surface area (Å²) in [6.45, 7) is 3.00. The Hall–Kier alpha value is -1.88. The van der Waals surface area contributed by atoms with E-state index >= 15 is 0 Å². The normalized spacial score (nSPS) is 17.0. The Bertz CT molecular complexity index is 535. The predicted molar refractivity (Wildman–Crippen MR) is 82.7 cm³/mol. The SMILES string of the molecule is Cc1cccc(CCC(=O)NC2(CC(=O)O)CCOCC2)c1. The molecule has 1 saturated heterocycles. The average molecular weight is 305 g/mol. The van der Waals surface area contributed by atoms with E-state index in [9.17, 15) is 9.59 Å². The molecule has 0 aliphatic carbocycles. The predicted octanol–water partition coefficient (Wildman–Crippen LogP) is 2.07. The first-order valence-corrected chi connectivity index (χ1v) is 7.65. The van der Waals surface area contributed by atoms with Crippen LogP contribution >= 0.6 is 0 Å². The Labute approximate surface area is 130 Å². The third kappa shape index (κ3) is 4.84. The van der Waals surface area contributed by atoms with Crippen LogP contribution in [0.5, 0.6) is 0 Å². The second kappa shape index (κ2) is 7.40. The minimum atomic E-state index is -0.888. The van der Waals surface area contributed by atoms with Gasteiger partial charge in [-0.25, -0.2) is 0 Å². The highest BCUT2D eigenvalue weighted by molar-refractivity contribution is 5.78. The first-order valence-electron chi connectivity index (χ1n) is 7.65. The molecule has 0 spiro atoms. The largest absolute Gasteiger partial charge is 0.481 e. The number of hydrogen-bond acceptors (Lipinski definition) is 3. The van der Waals surface area contributed by atoms with Crippen molar-refractivity contribution < 1.29 is 19.4 Å². The van der Waals surface area contributed by atoms with Gasteiger partial charge in [-0.3, -0.25) is 9.59 Å². The lowest BCUT2D eigenvalue weighted by atomic mass is 9.86. The summed E-state index contributed by atoms with van der Waals surface area (Å²) in [5.74, 6) is -0.981. The molecule has 0 saturated carbocycles. The van der Waals surface area contributed by atoms with E-state index in [1.807, 2.05) is 25.1 Å². The van der Waals surface area contributed by atoms with Crippen LogP contribution < -0.4 is 5.32 Å². The maximum atomic E-state index is 12.2. The Morgan fingerprint density at radius 2 is 2.05 bits per heavy atom. The van der Waals surface area contributed by atoms with Gasteiger partial charge in [0.15, 0.2) is 0 Å². The molecule has 5 heteroatoms. The Morgan fingerprint density at radius 1 is 1.32 bits per heavy atom. The molecule has 22 heavy (non-hydrogen) atoms. The number of aryl methyl sites for hydroxylation is 2. The van der Waals surface area contributed by atoms with Gasteiger partial charge in [0, 0.05) is 19.6 Å². The van der Waals surface area contributed by atoms with E-state index in [1.54, 1.807) is 0 Å². The van der Waals surface area contributed by atoms with Crippen molar-refractivity contribution in [3.8, 4) is 0 Å². The van der Waals surface area contributed by atoms with E-state index < -0.39 is 11.5 Å². The van der Waals surface area contributed by atoms with Crippen LogP contribution in [0.25, 0.3) is 0 Å². The standard InChI is InChI=1S/C17H23NO4/c1-13-3-2-4-14(11-13)5-6-15(19)18-17(12-16(20)21)7-9-22-10-8-17/h2-4,11H,5-10,12H2,1H3,(H,18,19)(H,20,21). The van der Waals surface area contributed by atoms with Gasteiger partial charge >= 0.3 is 5.97 Å². The van der Waals surface area contributed by atoms with E-state index in [-0.39, 0.29) is 12.3 Å². The van der Waals surface area contributed by atoms with Crippen LogP contribution in [0.2, 0.25) is 0 Å². The number of nitrogens with one attached hydrogen (secondary N) is 1. The smallest absolute Gasteiger partial charge is 0.305 e. The molecule has 0 unspecified atom stereocenters. The van der Waals surface area contributed by atoms with E-state index in [0.717, 1.165) is 5.56 Å². The van der Waals surface area contributed by atoms with Gasteiger partial charge in [0.1, 0.15) is 0 Å². The summed E-state index contributed by atoms with van der Waals surface area (Å²) in [6, 6.07) is 8.07. The Balaban J connectivity index is 1.92. The number of carbonyl (C=O) groups excluding carboxylic acids is 1. The quantitative estimate of drug-likeness (QED) is 0.843. The van der Waals surface area contributed by atoms with Crippen LogP contribution in [-0.4, -0.2) is 35.7 Å². The van der Waals surface area contributed by atoms with Crippen LogP contribution in [-0.2, 0) is 20.7 Å². The van der Waals surface area contributed by atoms with Gasteiger partial charge in [-0.15, -0.1) is 0 Å². The first-order chi connectivity index (χ1) is 10.5. The van der Waals surface area contributed by atoms with Crippen LogP contribution in [0.1, 0.15) is 36.8 Å². The molecule has 1 aromatic carbocycles. The summed E-state index contributed by atoms with van der Waals surface area (Å²) >= 11 is 0. The molecule has 1 heterocycles. The third-order valence-electron chi connectivity index (χ3n) is 4.07. The number of carbonyl (C=O) groups is 2. The second-order valence-corrected chi connectivity index (χ2v) is 6.00. The highest BCUT2D eigenvalue weighted by Crippen LogP contribution is 2.25. The van der Waals surface area contributed by atoms with Crippen molar-refractivity contribution >= 4 is 11.9 Å². The zero-order valence-electron chi connectivity index (χ0n) is 12.9. The highest BCUT2D eigenvalue weighted by atomic mass is 16.5. The number of amides is 1. The van der Waals surface area contributed by atoms with Crippen molar-refractivity contribution in [1.82, 2.24) is 5.32 Å². The molecule has 0 aromatic heterocycles. The summed E-state index contributed by atoms with van der Waals surface area (Å²) in [5.41, 5.74) is 1.63. The lowest BCUT2D eigenvalue weighted by Crippen LogP contribution is -2.53. The van der Waals surface area contributed by atoms with Gasteiger partial charge in [0.25, 0.3) is 0 Å². The van der Waals surface area contributed by atoms with Gasteiger partial charge < -0.3 is 15.2 Å². The van der Waals surface area contributed by atoms with E-state index in [0.29, 0.717) is 38.9 Å². The molecule has 2 N–H and O–H groups in total. The van der Waals surface area contributed by atoms with Crippen molar-refractivity contribution in [1.29, 1.82) is 0 Å². The van der Waals surface area contributed by atoms with Crippen molar-refractivity contribution in [2.24, 2.45) is 0 Å². The molecule has 1 fully saturated rings. The number of hydrogen-bond donors (Lipinski definition) is 2. The molecule has 0 bridgehead atoms. The van der Waals surface area contributed by atoms with E-state index in [4.69, 9.17) is 9.84 Å². The van der Waals surface area contributed by atoms with Gasteiger partial charge in [-0.1, -0.05) is 29.8 Å². The van der Waals surface area contributed by atoms with Crippen LogP contribution in [0.3, 0.4) is 0 Å². The Kier molecular flexibility index (Phi) is 5.55. The average Bonchev–Trinajstić information content (AvgIpc) is 2.45. The molecule has 1 amide bonds. The fraction of sp³-hybridized carbons (Fsp3) is 0.529. The molecule has 1 aliphatic heterocycles. The van der Waals surface area contributed by atoms with Crippen molar-refractivity contribution in [3.05, 3.63) is 35.4 Å². The number of carboxylic acid groups (broad SMARTS) is 1. The van der Waals surface area contributed by atoms with Crippen LogP contribution in [0.4, 0.5) is 0 Å². The molecule has 2 rings (SSSR count). The van der Waals surface area contributed by atoms with Crippen molar-refractivity contribution in [2.75, 3.05) is 13.2 Å². The number of aliphatic carboxylic acids is 1. The zero-order chi connectivity index (χ0) is 16.0. The fourth-order valence-electron chi connectivity index (χ4n) is 2.88. The number of rotatable bonds is 6. The lowest BCUT2D eigenvalue weighted by Gasteiger charge is -2.36. The van der Waals surface area contributed by atoms with Crippen LogP contribution in [0, 0.1) is 6.92 Å². The summed E-state index contributed by atoms with van der Waals surface area (Å²) < 4.78 is 5.29. The molecule has 0 radical (unpaired) electrons. The van der Waals surface area contributed by atoms with Crippen molar-refractivity contribution in [3.63, 3.8) is 0 Å². The van der Waals surface area contributed by atoms with E-state index in [1.165, 1.54) is 5.56 Å². The zero-order valence-corrected chi connectivity index (χ0v) is 12.9. The van der Waals surface area contributed by atoms with Gasteiger partial charge in [-0.2, -0.15) is 0 Å². The molecule has 0 atom stereocenters. The molecule has 1 aliphatic rings. The molecule has 1 aromatic rings. The van der Waals surface area contributed by atoms with Gasteiger partial charge in [-0.05, 0) is 31.7 Å². The number of ether oxygens (including phenoxy) is 1. The summed E-state index contributed by atoms with van der Waals surface area (Å²) in [7, 11) is 0. The monoisotopic (exact) mass is 305 g/mol. The maximum Gasteiger partial charge on any atom is 0.305 e. The number of benzene rings is 1. The molecular formula is C17H23NO4. The lowest BCUT2D eigenvalue weighted by molar-refractivity contribution is -0.140. The fourth-order valence-corrected chi connectivity index (χ4v) is 2.88. The minimum Gasteiger partial charge on any atom is -0.481 e. The van der Waals surface area contributed by atoms with Gasteiger partial charge in [0.2, 0.25) is 5.91 Å². The van der Waals surface area contributed by atoms with E-state index in [2.05, 4.69) is 11.4 Å². The highest BCUT2D eigenvalue weighted by Gasteiger charge is 2.36. The molecule has 120 valence electrons.